The number of methoxy groups -OCH3 is 1. The van der Waals surface area contributed by atoms with Gasteiger partial charge in [0, 0.05) is 19.5 Å². The number of hydrogen-bond donors (Lipinski definition) is 0. The molecule has 1 atom stereocenters. The number of amides is 1. The summed E-state index contributed by atoms with van der Waals surface area (Å²) in [6.45, 7) is 4.09. The molecule has 0 aromatic heterocycles. The van der Waals surface area contributed by atoms with Gasteiger partial charge in [0.05, 0.1) is 7.11 Å². The molecule has 18 heavy (non-hydrogen) atoms. The van der Waals surface area contributed by atoms with E-state index in [4.69, 9.17) is 4.74 Å². The first-order chi connectivity index (χ1) is 8.60. The Morgan fingerprint density at radius 2 is 2.06 bits per heavy atom. The van der Waals surface area contributed by atoms with Gasteiger partial charge in [0.2, 0.25) is 5.91 Å². The Kier molecular flexibility index (Phi) is 5.69. The molecule has 0 fully saturated rings. The van der Waals surface area contributed by atoms with Crippen molar-refractivity contribution >= 4 is 5.91 Å². The van der Waals surface area contributed by atoms with Gasteiger partial charge in [-0.2, -0.15) is 0 Å². The summed E-state index contributed by atoms with van der Waals surface area (Å²) in [6.07, 6.45) is 2.33. The number of nitrogens with zero attached hydrogens (tertiary/aromatic N) is 1. The standard InChI is InChI=1S/C15H23NO2/c1-5-8-15(17)16(3)12(2)11-13-9-6-7-10-14(13)18-4/h6-7,9-10,12H,5,8,11H2,1-4H3. The van der Waals surface area contributed by atoms with Crippen LogP contribution in [0.15, 0.2) is 24.3 Å². The lowest BCUT2D eigenvalue weighted by Crippen LogP contribution is -2.36. The van der Waals surface area contributed by atoms with E-state index in [1.807, 2.05) is 43.1 Å². The number of carbonyl (C=O) groups is 1. The molecule has 3 heteroatoms. The van der Waals surface area contributed by atoms with Crippen LogP contribution in [0.5, 0.6) is 5.75 Å². The molecule has 0 aliphatic rings. The lowest BCUT2D eigenvalue weighted by molar-refractivity contribution is -0.131. The molecule has 0 N–H and O–H groups in total. The van der Waals surface area contributed by atoms with E-state index in [1.165, 1.54) is 0 Å². The van der Waals surface area contributed by atoms with Gasteiger partial charge >= 0.3 is 0 Å². The molecule has 0 aliphatic heterocycles. The number of hydrogen-bond acceptors (Lipinski definition) is 2. The molecule has 1 unspecified atom stereocenters. The predicted molar refractivity (Wildman–Crippen MR) is 73.8 cm³/mol. The summed E-state index contributed by atoms with van der Waals surface area (Å²) < 4.78 is 5.33. The van der Waals surface area contributed by atoms with E-state index in [9.17, 15) is 4.79 Å². The summed E-state index contributed by atoms with van der Waals surface area (Å²) >= 11 is 0. The fourth-order valence-corrected chi connectivity index (χ4v) is 1.96. The highest BCUT2D eigenvalue weighted by atomic mass is 16.5. The van der Waals surface area contributed by atoms with E-state index in [-0.39, 0.29) is 11.9 Å². The summed E-state index contributed by atoms with van der Waals surface area (Å²) in [5, 5.41) is 0. The van der Waals surface area contributed by atoms with Crippen LogP contribution in [0.4, 0.5) is 0 Å². The minimum atomic E-state index is 0.181. The van der Waals surface area contributed by atoms with Crippen LogP contribution >= 0.6 is 0 Å². The van der Waals surface area contributed by atoms with Crippen molar-refractivity contribution in [1.82, 2.24) is 4.90 Å². The molecule has 0 radical (unpaired) electrons. The maximum absolute atomic E-state index is 11.8. The maximum Gasteiger partial charge on any atom is 0.222 e. The third kappa shape index (κ3) is 3.76. The molecule has 1 aromatic carbocycles. The first-order valence-electron chi connectivity index (χ1n) is 6.47. The molecule has 0 saturated heterocycles. The van der Waals surface area contributed by atoms with Gasteiger partial charge in [0.15, 0.2) is 0 Å². The van der Waals surface area contributed by atoms with Crippen LogP contribution in [0.25, 0.3) is 0 Å². The predicted octanol–water partition coefficient (Wildman–Crippen LogP) is 2.88. The number of benzene rings is 1. The number of rotatable bonds is 6. The van der Waals surface area contributed by atoms with Crippen molar-refractivity contribution < 1.29 is 9.53 Å². The molecule has 1 rings (SSSR count). The van der Waals surface area contributed by atoms with Gasteiger partial charge in [-0.1, -0.05) is 25.1 Å². The minimum Gasteiger partial charge on any atom is -0.496 e. The lowest BCUT2D eigenvalue weighted by atomic mass is 10.0. The summed E-state index contributed by atoms with van der Waals surface area (Å²) in [4.78, 5) is 13.7. The molecule has 1 aromatic rings. The molecule has 100 valence electrons. The summed E-state index contributed by atoms with van der Waals surface area (Å²) in [5.74, 6) is 1.10. The lowest BCUT2D eigenvalue weighted by Gasteiger charge is -2.25. The maximum atomic E-state index is 11.8. The highest BCUT2D eigenvalue weighted by molar-refractivity contribution is 5.76. The smallest absolute Gasteiger partial charge is 0.222 e. The molecule has 0 aliphatic carbocycles. The van der Waals surface area contributed by atoms with Crippen molar-refractivity contribution in [1.29, 1.82) is 0 Å². The van der Waals surface area contributed by atoms with Gasteiger partial charge in [0.1, 0.15) is 5.75 Å². The Morgan fingerprint density at radius 3 is 2.67 bits per heavy atom. The fourth-order valence-electron chi connectivity index (χ4n) is 1.96. The minimum absolute atomic E-state index is 0.181. The second-order valence-corrected chi connectivity index (χ2v) is 4.62. The largest absolute Gasteiger partial charge is 0.496 e. The third-order valence-corrected chi connectivity index (χ3v) is 3.23. The van der Waals surface area contributed by atoms with Crippen LogP contribution in [-0.4, -0.2) is 31.0 Å². The molecular formula is C15H23NO2. The first kappa shape index (κ1) is 14.6. The second-order valence-electron chi connectivity index (χ2n) is 4.62. The molecule has 0 saturated carbocycles. The number of ether oxygens (including phenoxy) is 1. The second kappa shape index (κ2) is 7.04. The monoisotopic (exact) mass is 249 g/mol. The van der Waals surface area contributed by atoms with Crippen LogP contribution in [0.1, 0.15) is 32.3 Å². The summed E-state index contributed by atoms with van der Waals surface area (Å²) in [7, 11) is 3.55. The highest BCUT2D eigenvalue weighted by Gasteiger charge is 2.16. The Morgan fingerprint density at radius 1 is 1.39 bits per heavy atom. The van der Waals surface area contributed by atoms with Crippen molar-refractivity contribution in [3.05, 3.63) is 29.8 Å². The van der Waals surface area contributed by atoms with Gasteiger partial charge in [-0.15, -0.1) is 0 Å². The molecule has 3 nitrogen and oxygen atoms in total. The van der Waals surface area contributed by atoms with Gasteiger partial charge in [-0.05, 0) is 31.4 Å². The van der Waals surface area contributed by atoms with Crippen LogP contribution in [0, 0.1) is 0 Å². The fraction of sp³-hybridized carbons (Fsp3) is 0.533. The topological polar surface area (TPSA) is 29.5 Å². The molecule has 0 spiro atoms. The Balaban J connectivity index is 2.69. The Hall–Kier alpha value is -1.51. The summed E-state index contributed by atoms with van der Waals surface area (Å²) in [5.41, 5.74) is 1.14. The van der Waals surface area contributed by atoms with Gasteiger partial charge in [-0.25, -0.2) is 0 Å². The molecule has 0 heterocycles. The zero-order valence-electron chi connectivity index (χ0n) is 11.8. The summed E-state index contributed by atoms with van der Waals surface area (Å²) in [6, 6.07) is 8.14. The van der Waals surface area contributed by atoms with Gasteiger partial charge < -0.3 is 9.64 Å². The van der Waals surface area contributed by atoms with Crippen LogP contribution in [0.3, 0.4) is 0 Å². The van der Waals surface area contributed by atoms with Gasteiger partial charge in [0.25, 0.3) is 0 Å². The average Bonchev–Trinajstić information content (AvgIpc) is 2.38. The number of carbonyl (C=O) groups excluding carboxylic acids is 1. The first-order valence-corrected chi connectivity index (χ1v) is 6.47. The van der Waals surface area contributed by atoms with Crippen molar-refractivity contribution in [3.63, 3.8) is 0 Å². The normalized spacial score (nSPS) is 12.0. The Bertz CT molecular complexity index is 390. The molecule has 1 amide bonds. The van der Waals surface area contributed by atoms with Crippen molar-refractivity contribution in [3.8, 4) is 5.75 Å². The number of likely N-dealkylation sites (N-methyl/N-ethyl adjacent to an activating group) is 1. The molecular weight excluding hydrogens is 226 g/mol. The van der Waals surface area contributed by atoms with Crippen LogP contribution in [0.2, 0.25) is 0 Å². The SMILES string of the molecule is CCCC(=O)N(C)C(C)Cc1ccccc1OC. The van der Waals surface area contributed by atoms with E-state index in [1.54, 1.807) is 7.11 Å². The van der Waals surface area contributed by atoms with E-state index in [0.29, 0.717) is 6.42 Å². The van der Waals surface area contributed by atoms with Crippen molar-refractivity contribution in [2.45, 2.75) is 39.2 Å². The average molecular weight is 249 g/mol. The van der Waals surface area contributed by atoms with Gasteiger partial charge in [-0.3, -0.25) is 4.79 Å². The van der Waals surface area contributed by atoms with Crippen molar-refractivity contribution in [2.24, 2.45) is 0 Å². The van der Waals surface area contributed by atoms with Crippen molar-refractivity contribution in [2.75, 3.05) is 14.2 Å². The third-order valence-electron chi connectivity index (χ3n) is 3.23. The molecule has 0 bridgehead atoms. The van der Waals surface area contributed by atoms with E-state index < -0.39 is 0 Å². The zero-order valence-corrected chi connectivity index (χ0v) is 11.8. The number of para-hydroxylation sites is 1. The zero-order chi connectivity index (χ0) is 13.5. The highest BCUT2D eigenvalue weighted by Crippen LogP contribution is 2.20. The van der Waals surface area contributed by atoms with E-state index in [2.05, 4.69) is 6.92 Å². The van der Waals surface area contributed by atoms with E-state index in [0.717, 1.165) is 24.2 Å². The van der Waals surface area contributed by atoms with E-state index >= 15 is 0 Å². The van der Waals surface area contributed by atoms with Crippen LogP contribution < -0.4 is 4.74 Å². The Labute approximate surface area is 110 Å². The quantitative estimate of drug-likeness (QED) is 0.776. The van der Waals surface area contributed by atoms with Crippen LogP contribution in [-0.2, 0) is 11.2 Å².